The Kier molecular flexibility index (Phi) is 5.55. The van der Waals surface area contributed by atoms with Crippen LogP contribution in [-0.2, 0) is 19.5 Å². The normalized spacial score (nSPS) is 19.4. The summed E-state index contributed by atoms with van der Waals surface area (Å²) in [4.78, 5) is 9.08. The predicted octanol–water partition coefficient (Wildman–Crippen LogP) is 2.14. The Balaban J connectivity index is 1.39. The first-order valence-corrected chi connectivity index (χ1v) is 9.94. The maximum absolute atomic E-state index is 6.00. The van der Waals surface area contributed by atoms with Gasteiger partial charge in [0, 0.05) is 24.6 Å². The van der Waals surface area contributed by atoms with Crippen molar-refractivity contribution < 1.29 is 4.74 Å². The zero-order valence-electron chi connectivity index (χ0n) is 15.9. The van der Waals surface area contributed by atoms with E-state index in [-0.39, 0.29) is 0 Å². The van der Waals surface area contributed by atoms with Crippen LogP contribution in [0.3, 0.4) is 0 Å². The van der Waals surface area contributed by atoms with Crippen molar-refractivity contribution in [2.75, 3.05) is 13.2 Å². The average molecular weight is 368 g/mol. The molecule has 7 heteroatoms. The lowest BCUT2D eigenvalue weighted by atomic mass is 10.1. The molecule has 1 aliphatic carbocycles. The Labute approximate surface area is 160 Å². The summed E-state index contributed by atoms with van der Waals surface area (Å²) in [6, 6.07) is 8.51. The Morgan fingerprint density at radius 1 is 1.30 bits per heavy atom. The van der Waals surface area contributed by atoms with Crippen molar-refractivity contribution in [1.29, 1.82) is 0 Å². The van der Waals surface area contributed by atoms with E-state index in [0.29, 0.717) is 12.6 Å². The third-order valence-corrected chi connectivity index (χ3v) is 5.04. The quantitative estimate of drug-likeness (QED) is 0.578. The summed E-state index contributed by atoms with van der Waals surface area (Å²) < 4.78 is 7.98. The number of aliphatic imine (C=N–C) groups is 1. The zero-order valence-corrected chi connectivity index (χ0v) is 15.9. The molecule has 1 aliphatic heterocycles. The summed E-state index contributed by atoms with van der Waals surface area (Å²) in [6.07, 6.45) is 6.20. The van der Waals surface area contributed by atoms with E-state index in [1.807, 2.05) is 22.9 Å². The number of aryl methyl sites for hydroxylation is 1. The van der Waals surface area contributed by atoms with Gasteiger partial charge >= 0.3 is 0 Å². The number of rotatable bonds is 7. The number of nitrogens with one attached hydrogen (secondary N) is 2. The molecule has 0 bridgehead atoms. The molecule has 1 aromatic carbocycles. The second kappa shape index (κ2) is 8.41. The Hall–Kier alpha value is -2.57. The lowest BCUT2D eigenvalue weighted by molar-refractivity contribution is 0.297. The standard InChI is InChI=1S/C20H28N6O/c1-2-21-20(25-17-9-10-19-23-14-24-26(19)12-17)22-11-16-5-3-4-6-18(16)27-13-15-7-8-15/h3-6,14-15,17H,2,7-13H2,1H3,(H2,21,22,25). The van der Waals surface area contributed by atoms with Gasteiger partial charge in [-0.05, 0) is 38.2 Å². The van der Waals surface area contributed by atoms with Crippen LogP contribution in [0.25, 0.3) is 0 Å². The molecule has 2 heterocycles. The molecule has 27 heavy (non-hydrogen) atoms. The highest BCUT2D eigenvalue weighted by atomic mass is 16.5. The molecule has 1 aromatic heterocycles. The van der Waals surface area contributed by atoms with E-state index in [9.17, 15) is 0 Å². The maximum atomic E-state index is 6.00. The Morgan fingerprint density at radius 3 is 3.04 bits per heavy atom. The summed E-state index contributed by atoms with van der Waals surface area (Å²) >= 11 is 0. The minimum Gasteiger partial charge on any atom is -0.493 e. The third-order valence-electron chi connectivity index (χ3n) is 5.04. The zero-order chi connectivity index (χ0) is 18.5. The van der Waals surface area contributed by atoms with Crippen LogP contribution in [-0.4, -0.2) is 39.9 Å². The number of nitrogens with zero attached hydrogens (tertiary/aromatic N) is 4. The van der Waals surface area contributed by atoms with Crippen molar-refractivity contribution in [3.8, 4) is 5.75 Å². The van der Waals surface area contributed by atoms with E-state index in [0.717, 1.165) is 61.6 Å². The summed E-state index contributed by atoms with van der Waals surface area (Å²) in [5.41, 5.74) is 1.12. The van der Waals surface area contributed by atoms with E-state index in [4.69, 9.17) is 9.73 Å². The van der Waals surface area contributed by atoms with Gasteiger partial charge in [-0.3, -0.25) is 0 Å². The van der Waals surface area contributed by atoms with Crippen LogP contribution in [0.4, 0.5) is 0 Å². The molecule has 0 saturated heterocycles. The monoisotopic (exact) mass is 368 g/mol. The number of guanidine groups is 1. The lowest BCUT2D eigenvalue weighted by Crippen LogP contribution is -2.47. The fourth-order valence-corrected chi connectivity index (χ4v) is 3.30. The van der Waals surface area contributed by atoms with Gasteiger partial charge in [-0.2, -0.15) is 5.10 Å². The van der Waals surface area contributed by atoms with Crippen molar-refractivity contribution in [2.45, 2.75) is 51.7 Å². The van der Waals surface area contributed by atoms with Crippen LogP contribution in [0.5, 0.6) is 5.75 Å². The van der Waals surface area contributed by atoms with Gasteiger partial charge in [-0.15, -0.1) is 0 Å². The fraction of sp³-hybridized carbons (Fsp3) is 0.550. The molecule has 0 spiro atoms. The summed E-state index contributed by atoms with van der Waals surface area (Å²) in [6.45, 7) is 5.15. The molecule has 0 radical (unpaired) electrons. The molecule has 1 fully saturated rings. The second-order valence-corrected chi connectivity index (χ2v) is 7.30. The number of ether oxygens (including phenoxy) is 1. The molecule has 7 nitrogen and oxygen atoms in total. The van der Waals surface area contributed by atoms with Gasteiger partial charge in [-0.25, -0.2) is 14.7 Å². The molecule has 2 aliphatic rings. The predicted molar refractivity (Wildman–Crippen MR) is 105 cm³/mol. The van der Waals surface area contributed by atoms with Gasteiger partial charge < -0.3 is 15.4 Å². The van der Waals surface area contributed by atoms with E-state index >= 15 is 0 Å². The van der Waals surface area contributed by atoms with Crippen LogP contribution >= 0.6 is 0 Å². The molecule has 1 atom stereocenters. The van der Waals surface area contributed by atoms with Gasteiger partial charge in [0.1, 0.15) is 17.9 Å². The summed E-state index contributed by atoms with van der Waals surface area (Å²) in [5, 5.41) is 11.2. The average Bonchev–Trinajstić information content (AvgIpc) is 3.40. The van der Waals surface area contributed by atoms with Crippen LogP contribution in [0, 0.1) is 5.92 Å². The highest BCUT2D eigenvalue weighted by molar-refractivity contribution is 5.80. The molecule has 1 unspecified atom stereocenters. The van der Waals surface area contributed by atoms with Gasteiger partial charge in [0.15, 0.2) is 5.96 Å². The minimum absolute atomic E-state index is 0.304. The molecule has 4 rings (SSSR count). The summed E-state index contributed by atoms with van der Waals surface area (Å²) in [7, 11) is 0. The number of fused-ring (bicyclic) bond motifs is 1. The minimum atomic E-state index is 0.304. The number of aromatic nitrogens is 3. The largest absolute Gasteiger partial charge is 0.493 e. The van der Waals surface area contributed by atoms with Crippen LogP contribution in [0.2, 0.25) is 0 Å². The van der Waals surface area contributed by atoms with Crippen LogP contribution in [0.1, 0.15) is 37.6 Å². The van der Waals surface area contributed by atoms with Crippen molar-refractivity contribution in [3.05, 3.63) is 42.0 Å². The first-order chi connectivity index (χ1) is 13.3. The van der Waals surface area contributed by atoms with Gasteiger partial charge in [0.05, 0.1) is 19.7 Å². The van der Waals surface area contributed by atoms with Gasteiger partial charge in [0.2, 0.25) is 0 Å². The third kappa shape index (κ3) is 4.78. The van der Waals surface area contributed by atoms with Gasteiger partial charge in [0.25, 0.3) is 0 Å². The molecule has 2 aromatic rings. The van der Waals surface area contributed by atoms with Crippen molar-refractivity contribution >= 4 is 5.96 Å². The Bertz CT molecular complexity index is 782. The molecular weight excluding hydrogens is 340 g/mol. The van der Waals surface area contributed by atoms with E-state index < -0.39 is 0 Å². The number of benzene rings is 1. The lowest BCUT2D eigenvalue weighted by Gasteiger charge is -2.25. The van der Waals surface area contributed by atoms with Gasteiger partial charge in [-0.1, -0.05) is 18.2 Å². The van der Waals surface area contributed by atoms with Crippen molar-refractivity contribution in [2.24, 2.45) is 10.9 Å². The van der Waals surface area contributed by atoms with E-state index in [1.165, 1.54) is 12.8 Å². The fourth-order valence-electron chi connectivity index (χ4n) is 3.30. The summed E-state index contributed by atoms with van der Waals surface area (Å²) in [5.74, 6) is 3.60. The Morgan fingerprint density at radius 2 is 2.19 bits per heavy atom. The smallest absolute Gasteiger partial charge is 0.191 e. The van der Waals surface area contributed by atoms with Crippen LogP contribution < -0.4 is 15.4 Å². The second-order valence-electron chi connectivity index (χ2n) is 7.30. The molecule has 0 amide bonds. The molecule has 144 valence electrons. The number of hydrogen-bond donors (Lipinski definition) is 2. The van der Waals surface area contributed by atoms with E-state index in [2.05, 4.69) is 33.7 Å². The maximum Gasteiger partial charge on any atom is 0.191 e. The molecule has 1 saturated carbocycles. The molecule has 2 N–H and O–H groups in total. The highest BCUT2D eigenvalue weighted by Gasteiger charge is 2.22. The van der Waals surface area contributed by atoms with Crippen molar-refractivity contribution in [1.82, 2.24) is 25.4 Å². The van der Waals surface area contributed by atoms with E-state index in [1.54, 1.807) is 6.33 Å². The SMILES string of the molecule is CCNC(=NCc1ccccc1OCC1CC1)NC1CCc2ncnn2C1. The van der Waals surface area contributed by atoms with Crippen LogP contribution in [0.15, 0.2) is 35.6 Å². The topological polar surface area (TPSA) is 76.4 Å². The number of hydrogen-bond acceptors (Lipinski definition) is 4. The highest BCUT2D eigenvalue weighted by Crippen LogP contribution is 2.30. The number of para-hydroxylation sites is 1. The molecular formula is C20H28N6O. The first kappa shape index (κ1) is 17.8. The first-order valence-electron chi connectivity index (χ1n) is 9.94. The van der Waals surface area contributed by atoms with Crippen molar-refractivity contribution in [3.63, 3.8) is 0 Å².